The Balaban J connectivity index is 1.67. The van der Waals surface area contributed by atoms with Gasteiger partial charge < -0.3 is 20.7 Å². The van der Waals surface area contributed by atoms with Crippen LogP contribution in [0.3, 0.4) is 0 Å². The summed E-state index contributed by atoms with van der Waals surface area (Å²) < 4.78 is 5.18. The van der Waals surface area contributed by atoms with Gasteiger partial charge in [0.1, 0.15) is 0 Å². The molecule has 2 aromatic carbocycles. The fourth-order valence-electron chi connectivity index (χ4n) is 2.89. The topological polar surface area (TPSA) is 96.5 Å². The van der Waals surface area contributed by atoms with Crippen molar-refractivity contribution in [2.24, 2.45) is 0 Å². The summed E-state index contributed by atoms with van der Waals surface area (Å²) in [5.74, 6) is -0.984. The minimum absolute atomic E-state index is 0.0228. The van der Waals surface area contributed by atoms with Gasteiger partial charge >= 0.3 is 5.97 Å². The zero-order valence-corrected chi connectivity index (χ0v) is 19.9. The van der Waals surface area contributed by atoms with E-state index in [0.29, 0.717) is 17.9 Å². The predicted molar refractivity (Wildman–Crippen MR) is 133 cm³/mol. The van der Waals surface area contributed by atoms with Crippen LogP contribution in [-0.2, 0) is 20.7 Å². The summed E-state index contributed by atoms with van der Waals surface area (Å²) >= 11 is 5.16. The molecule has 0 saturated heterocycles. The number of carbonyl (C=O) groups excluding carboxylic acids is 3. The van der Waals surface area contributed by atoms with Crippen molar-refractivity contribution >= 4 is 40.8 Å². The van der Waals surface area contributed by atoms with E-state index in [9.17, 15) is 14.4 Å². The molecule has 0 heterocycles. The normalized spacial score (nSPS) is 11.2. The van der Waals surface area contributed by atoms with E-state index in [1.807, 2.05) is 44.2 Å². The molecule has 33 heavy (non-hydrogen) atoms. The molecule has 0 bridgehead atoms. The Kier molecular flexibility index (Phi) is 11.0. The minimum Gasteiger partial charge on any atom is -0.466 e. The average molecular weight is 470 g/mol. The van der Waals surface area contributed by atoms with Crippen molar-refractivity contribution in [1.82, 2.24) is 10.6 Å². The number of amides is 2. The summed E-state index contributed by atoms with van der Waals surface area (Å²) in [4.78, 5) is 36.2. The molecule has 2 aromatic rings. The number of ether oxygens (including phenoxy) is 1. The molecule has 0 aliphatic rings. The van der Waals surface area contributed by atoms with Gasteiger partial charge in [-0.25, -0.2) is 0 Å². The molecule has 0 aromatic heterocycles. The summed E-state index contributed by atoms with van der Waals surface area (Å²) in [5.41, 5.74) is 2.26. The molecule has 0 radical (unpaired) electrons. The molecule has 1 atom stereocenters. The number of nitrogens with one attached hydrogen (secondary N) is 3. The summed E-state index contributed by atoms with van der Waals surface area (Å²) in [5, 5.41) is 8.41. The van der Waals surface area contributed by atoms with Gasteiger partial charge in [0, 0.05) is 23.7 Å². The van der Waals surface area contributed by atoms with E-state index in [1.165, 1.54) is 5.56 Å². The maximum atomic E-state index is 12.3. The van der Waals surface area contributed by atoms with E-state index in [1.54, 1.807) is 24.3 Å². The molecule has 0 aliphatic heterocycles. The lowest BCUT2D eigenvalue weighted by molar-refractivity contribution is -0.145. The van der Waals surface area contributed by atoms with Gasteiger partial charge in [0.25, 0.3) is 5.91 Å². The molecule has 176 valence electrons. The van der Waals surface area contributed by atoms with Gasteiger partial charge in [-0.1, -0.05) is 43.3 Å². The fourth-order valence-corrected chi connectivity index (χ4v) is 3.13. The Bertz CT molecular complexity index is 950. The maximum absolute atomic E-state index is 12.3. The molecule has 0 spiro atoms. The van der Waals surface area contributed by atoms with E-state index in [2.05, 4.69) is 16.0 Å². The second kappa shape index (κ2) is 14.0. The Hall–Kier alpha value is -3.26. The van der Waals surface area contributed by atoms with E-state index < -0.39 is 5.97 Å². The Morgan fingerprint density at radius 1 is 1.03 bits per heavy atom. The molecular weight excluding hydrogens is 438 g/mol. The van der Waals surface area contributed by atoms with Crippen LogP contribution in [0, 0.1) is 0 Å². The van der Waals surface area contributed by atoms with Gasteiger partial charge in [0.2, 0.25) is 5.91 Å². The second-order valence-corrected chi connectivity index (χ2v) is 8.08. The van der Waals surface area contributed by atoms with Gasteiger partial charge in [-0.05, 0) is 62.2 Å². The van der Waals surface area contributed by atoms with E-state index in [4.69, 9.17) is 17.0 Å². The van der Waals surface area contributed by atoms with Crippen LogP contribution in [0.1, 0.15) is 55.5 Å². The van der Waals surface area contributed by atoms with Crippen molar-refractivity contribution in [1.29, 1.82) is 0 Å². The summed E-state index contributed by atoms with van der Waals surface area (Å²) in [7, 11) is 0. The van der Waals surface area contributed by atoms with Gasteiger partial charge in [-0.3, -0.25) is 14.4 Å². The molecule has 8 heteroatoms. The van der Waals surface area contributed by atoms with Crippen LogP contribution >= 0.6 is 12.2 Å². The summed E-state index contributed by atoms with van der Waals surface area (Å²) in [6.45, 7) is 4.25. The SMILES string of the molecule is CCC(C)NC(=O)c1cccc(NC(=S)NC(=O)CCC(=O)OCCCc2ccccc2)c1. The number of rotatable bonds is 11. The molecule has 7 nitrogen and oxygen atoms in total. The Labute approximate surface area is 200 Å². The number of thiocarbonyl (C=S) groups is 1. The molecule has 1 unspecified atom stereocenters. The van der Waals surface area contributed by atoms with Crippen molar-refractivity contribution in [3.8, 4) is 0 Å². The van der Waals surface area contributed by atoms with Crippen molar-refractivity contribution in [2.45, 2.75) is 52.0 Å². The third-order valence-corrected chi connectivity index (χ3v) is 5.10. The molecule has 2 rings (SSSR count). The molecule has 0 aliphatic carbocycles. The van der Waals surface area contributed by atoms with E-state index in [-0.39, 0.29) is 35.8 Å². The average Bonchev–Trinajstić information content (AvgIpc) is 2.81. The van der Waals surface area contributed by atoms with E-state index in [0.717, 1.165) is 19.3 Å². The van der Waals surface area contributed by atoms with Gasteiger partial charge in [0.05, 0.1) is 13.0 Å². The number of hydrogen-bond acceptors (Lipinski definition) is 5. The van der Waals surface area contributed by atoms with Crippen LogP contribution in [0.4, 0.5) is 5.69 Å². The number of esters is 1. The van der Waals surface area contributed by atoms with Crippen LogP contribution in [0.25, 0.3) is 0 Å². The number of benzene rings is 2. The van der Waals surface area contributed by atoms with Gasteiger partial charge in [0.15, 0.2) is 5.11 Å². The van der Waals surface area contributed by atoms with Crippen LogP contribution in [-0.4, -0.2) is 35.5 Å². The highest BCUT2D eigenvalue weighted by Crippen LogP contribution is 2.11. The molecular formula is C25H31N3O4S. The number of aryl methyl sites for hydroxylation is 1. The third-order valence-electron chi connectivity index (χ3n) is 4.90. The highest BCUT2D eigenvalue weighted by atomic mass is 32.1. The first-order valence-electron chi connectivity index (χ1n) is 11.1. The van der Waals surface area contributed by atoms with Gasteiger partial charge in [-0.15, -0.1) is 0 Å². The van der Waals surface area contributed by atoms with Crippen LogP contribution < -0.4 is 16.0 Å². The summed E-state index contributed by atoms with van der Waals surface area (Å²) in [6, 6.07) is 16.9. The predicted octanol–water partition coefficient (Wildman–Crippen LogP) is 3.98. The van der Waals surface area contributed by atoms with Crippen molar-refractivity contribution < 1.29 is 19.1 Å². The summed E-state index contributed by atoms with van der Waals surface area (Å²) in [6.07, 6.45) is 2.34. The maximum Gasteiger partial charge on any atom is 0.306 e. The second-order valence-electron chi connectivity index (χ2n) is 7.68. The first-order valence-corrected chi connectivity index (χ1v) is 11.5. The quantitative estimate of drug-likeness (QED) is 0.262. The Morgan fingerprint density at radius 3 is 2.52 bits per heavy atom. The minimum atomic E-state index is -0.419. The van der Waals surface area contributed by atoms with Crippen molar-refractivity contribution in [3.05, 3.63) is 65.7 Å². The highest BCUT2D eigenvalue weighted by Gasteiger charge is 2.12. The molecule has 0 saturated carbocycles. The lowest BCUT2D eigenvalue weighted by atomic mass is 10.1. The number of hydrogen-bond donors (Lipinski definition) is 3. The Morgan fingerprint density at radius 2 is 1.79 bits per heavy atom. The van der Waals surface area contributed by atoms with Gasteiger partial charge in [-0.2, -0.15) is 0 Å². The molecule has 0 fully saturated rings. The monoisotopic (exact) mass is 469 g/mol. The third kappa shape index (κ3) is 10.3. The first kappa shape index (κ1) is 26.0. The highest BCUT2D eigenvalue weighted by molar-refractivity contribution is 7.80. The van der Waals surface area contributed by atoms with Crippen LogP contribution in [0.15, 0.2) is 54.6 Å². The number of anilines is 1. The lowest BCUT2D eigenvalue weighted by Gasteiger charge is -2.13. The van der Waals surface area contributed by atoms with Crippen molar-refractivity contribution in [2.75, 3.05) is 11.9 Å². The van der Waals surface area contributed by atoms with Crippen LogP contribution in [0.2, 0.25) is 0 Å². The largest absolute Gasteiger partial charge is 0.466 e. The molecule has 2 amide bonds. The van der Waals surface area contributed by atoms with Crippen molar-refractivity contribution in [3.63, 3.8) is 0 Å². The standard InChI is InChI=1S/C25H31N3O4S/c1-3-18(2)26-24(31)20-12-7-13-21(17-20)27-25(33)28-22(29)14-15-23(30)32-16-8-11-19-9-5-4-6-10-19/h4-7,9-10,12-13,17-18H,3,8,11,14-16H2,1-2H3,(H,26,31)(H2,27,28,29,33). The lowest BCUT2D eigenvalue weighted by Crippen LogP contribution is -2.34. The zero-order valence-electron chi connectivity index (χ0n) is 19.1. The van der Waals surface area contributed by atoms with Crippen LogP contribution in [0.5, 0.6) is 0 Å². The van der Waals surface area contributed by atoms with E-state index >= 15 is 0 Å². The number of carbonyl (C=O) groups is 3. The first-order chi connectivity index (χ1) is 15.9. The fraction of sp³-hybridized carbons (Fsp3) is 0.360. The molecule has 3 N–H and O–H groups in total. The smallest absolute Gasteiger partial charge is 0.306 e. The zero-order chi connectivity index (χ0) is 24.1.